The first-order valence-electron chi connectivity index (χ1n) is 6.05. The van der Waals surface area contributed by atoms with Crippen LogP contribution in [0, 0.1) is 13.8 Å². The van der Waals surface area contributed by atoms with Gasteiger partial charge in [0.25, 0.3) is 0 Å². The Labute approximate surface area is 92.9 Å². The Morgan fingerprint density at radius 3 is 2.87 bits per heavy atom. The number of benzene rings is 1. The van der Waals surface area contributed by atoms with Crippen LogP contribution in [-0.2, 0) is 6.42 Å². The zero-order valence-corrected chi connectivity index (χ0v) is 9.84. The second kappa shape index (κ2) is 4.80. The fraction of sp³-hybridized carbons (Fsp3) is 0.571. The Morgan fingerprint density at radius 1 is 1.33 bits per heavy atom. The third kappa shape index (κ3) is 2.82. The van der Waals surface area contributed by atoms with Crippen molar-refractivity contribution >= 4 is 0 Å². The molecule has 0 saturated carbocycles. The average Bonchev–Trinajstić information content (AvgIpc) is 2.69. The zero-order valence-electron chi connectivity index (χ0n) is 9.84. The van der Waals surface area contributed by atoms with Crippen molar-refractivity contribution in [1.82, 2.24) is 5.32 Å². The van der Waals surface area contributed by atoms with E-state index in [1.54, 1.807) is 0 Å². The number of hydrogen-bond donors (Lipinski definition) is 1. The van der Waals surface area contributed by atoms with Crippen LogP contribution in [0.2, 0.25) is 0 Å². The van der Waals surface area contributed by atoms with Gasteiger partial charge in [0.1, 0.15) is 0 Å². The number of rotatable bonds is 3. The smallest absolute Gasteiger partial charge is 0.00707 e. The van der Waals surface area contributed by atoms with E-state index in [-0.39, 0.29) is 0 Å². The summed E-state index contributed by atoms with van der Waals surface area (Å²) in [5.41, 5.74) is 4.34. The predicted octanol–water partition coefficient (Wildman–Crippen LogP) is 2.99. The van der Waals surface area contributed by atoms with Gasteiger partial charge in [-0.2, -0.15) is 0 Å². The van der Waals surface area contributed by atoms with Gasteiger partial charge in [0.15, 0.2) is 0 Å². The molecule has 1 aromatic carbocycles. The van der Waals surface area contributed by atoms with E-state index in [9.17, 15) is 0 Å². The predicted molar refractivity (Wildman–Crippen MR) is 65.3 cm³/mol. The van der Waals surface area contributed by atoms with Crippen LogP contribution in [0.4, 0.5) is 0 Å². The topological polar surface area (TPSA) is 12.0 Å². The molecule has 0 aromatic heterocycles. The lowest BCUT2D eigenvalue weighted by Gasteiger charge is -2.11. The summed E-state index contributed by atoms with van der Waals surface area (Å²) in [5.74, 6) is 0. The van der Waals surface area contributed by atoms with Crippen LogP contribution in [0.1, 0.15) is 36.0 Å². The maximum atomic E-state index is 3.56. The summed E-state index contributed by atoms with van der Waals surface area (Å²) in [6.45, 7) is 5.61. The Hall–Kier alpha value is -0.820. The van der Waals surface area contributed by atoms with Crippen LogP contribution in [0.5, 0.6) is 0 Å². The molecule has 1 N–H and O–H groups in total. The molecule has 1 aliphatic rings. The second-order valence-electron chi connectivity index (χ2n) is 4.76. The third-order valence-corrected chi connectivity index (χ3v) is 3.42. The van der Waals surface area contributed by atoms with Gasteiger partial charge in [-0.15, -0.1) is 0 Å². The van der Waals surface area contributed by atoms with Gasteiger partial charge in [-0.25, -0.2) is 0 Å². The van der Waals surface area contributed by atoms with E-state index < -0.39 is 0 Å². The van der Waals surface area contributed by atoms with Crippen molar-refractivity contribution in [2.45, 2.75) is 45.6 Å². The lowest BCUT2D eigenvalue weighted by molar-refractivity contribution is 0.558. The molecule has 0 bridgehead atoms. The van der Waals surface area contributed by atoms with Crippen LogP contribution >= 0.6 is 0 Å². The van der Waals surface area contributed by atoms with Crippen LogP contribution in [0.25, 0.3) is 0 Å². The molecule has 0 aliphatic carbocycles. The summed E-state index contributed by atoms with van der Waals surface area (Å²) in [6.07, 6.45) is 5.25. The van der Waals surface area contributed by atoms with Gasteiger partial charge in [-0.3, -0.25) is 0 Å². The van der Waals surface area contributed by atoms with Crippen molar-refractivity contribution in [3.05, 3.63) is 34.9 Å². The molecule has 1 nitrogen and oxygen atoms in total. The van der Waals surface area contributed by atoms with E-state index in [0.29, 0.717) is 0 Å². The maximum absolute atomic E-state index is 3.56. The van der Waals surface area contributed by atoms with Gasteiger partial charge in [0, 0.05) is 6.04 Å². The molecular weight excluding hydrogens is 182 g/mol. The van der Waals surface area contributed by atoms with Crippen LogP contribution < -0.4 is 5.32 Å². The second-order valence-corrected chi connectivity index (χ2v) is 4.76. The van der Waals surface area contributed by atoms with E-state index in [1.807, 2.05) is 0 Å². The molecule has 1 unspecified atom stereocenters. The van der Waals surface area contributed by atoms with Crippen molar-refractivity contribution in [2.24, 2.45) is 0 Å². The summed E-state index contributed by atoms with van der Waals surface area (Å²) in [7, 11) is 0. The fourth-order valence-electron chi connectivity index (χ4n) is 2.46. The van der Waals surface area contributed by atoms with Gasteiger partial charge in [-0.1, -0.05) is 23.8 Å². The Balaban J connectivity index is 1.92. The van der Waals surface area contributed by atoms with E-state index in [2.05, 4.69) is 37.4 Å². The molecule has 82 valence electrons. The summed E-state index contributed by atoms with van der Waals surface area (Å²) in [6, 6.07) is 7.58. The summed E-state index contributed by atoms with van der Waals surface area (Å²) in [5, 5.41) is 3.56. The highest BCUT2D eigenvalue weighted by Gasteiger charge is 2.13. The van der Waals surface area contributed by atoms with Gasteiger partial charge < -0.3 is 5.32 Å². The van der Waals surface area contributed by atoms with Crippen LogP contribution in [0.15, 0.2) is 18.2 Å². The largest absolute Gasteiger partial charge is 0.314 e. The molecule has 1 fully saturated rings. The molecule has 1 aromatic rings. The van der Waals surface area contributed by atoms with E-state index in [4.69, 9.17) is 0 Å². The molecule has 1 saturated heterocycles. The van der Waals surface area contributed by atoms with E-state index in [0.717, 1.165) is 6.04 Å². The summed E-state index contributed by atoms with van der Waals surface area (Å²) >= 11 is 0. The quantitative estimate of drug-likeness (QED) is 0.796. The standard InChI is InChI=1S/C14H21N/c1-11-5-6-13(12(2)10-11)7-8-14-4-3-9-15-14/h5-6,10,14-15H,3-4,7-9H2,1-2H3. The lowest BCUT2D eigenvalue weighted by Crippen LogP contribution is -2.21. The number of hydrogen-bond acceptors (Lipinski definition) is 1. The highest BCUT2D eigenvalue weighted by molar-refractivity contribution is 5.30. The van der Waals surface area contributed by atoms with Crippen molar-refractivity contribution < 1.29 is 0 Å². The minimum atomic E-state index is 0.769. The molecule has 1 heteroatoms. The van der Waals surface area contributed by atoms with Crippen LogP contribution in [0.3, 0.4) is 0 Å². The molecule has 1 aliphatic heterocycles. The normalized spacial score (nSPS) is 20.8. The molecule has 0 amide bonds. The fourth-order valence-corrected chi connectivity index (χ4v) is 2.46. The molecule has 1 atom stereocenters. The van der Waals surface area contributed by atoms with E-state index >= 15 is 0 Å². The molecule has 0 radical (unpaired) electrons. The monoisotopic (exact) mass is 203 g/mol. The maximum Gasteiger partial charge on any atom is 0.00707 e. The SMILES string of the molecule is Cc1ccc(CCC2CCCN2)c(C)c1. The molecule has 15 heavy (non-hydrogen) atoms. The van der Waals surface area contributed by atoms with Crippen LogP contribution in [-0.4, -0.2) is 12.6 Å². The molecule has 1 heterocycles. The highest BCUT2D eigenvalue weighted by Crippen LogP contribution is 2.16. The van der Waals surface area contributed by atoms with Gasteiger partial charge in [0.2, 0.25) is 0 Å². The summed E-state index contributed by atoms with van der Waals surface area (Å²) < 4.78 is 0. The third-order valence-electron chi connectivity index (χ3n) is 3.42. The first kappa shape index (κ1) is 10.7. The molecular formula is C14H21N. The highest BCUT2D eigenvalue weighted by atomic mass is 14.9. The molecule has 2 rings (SSSR count). The Morgan fingerprint density at radius 2 is 2.20 bits per heavy atom. The first-order chi connectivity index (χ1) is 7.25. The zero-order chi connectivity index (χ0) is 10.7. The van der Waals surface area contributed by atoms with Gasteiger partial charge in [-0.05, 0) is 57.2 Å². The van der Waals surface area contributed by atoms with Crippen molar-refractivity contribution in [2.75, 3.05) is 6.54 Å². The molecule has 0 spiro atoms. The van der Waals surface area contributed by atoms with Gasteiger partial charge in [0.05, 0.1) is 0 Å². The minimum absolute atomic E-state index is 0.769. The Kier molecular flexibility index (Phi) is 3.42. The minimum Gasteiger partial charge on any atom is -0.314 e. The average molecular weight is 203 g/mol. The lowest BCUT2D eigenvalue weighted by atomic mass is 9.99. The van der Waals surface area contributed by atoms with Crippen molar-refractivity contribution in [1.29, 1.82) is 0 Å². The van der Waals surface area contributed by atoms with Crippen molar-refractivity contribution in [3.8, 4) is 0 Å². The summed E-state index contributed by atoms with van der Waals surface area (Å²) in [4.78, 5) is 0. The number of aryl methyl sites for hydroxylation is 3. The number of nitrogens with one attached hydrogen (secondary N) is 1. The first-order valence-corrected chi connectivity index (χ1v) is 6.05. The van der Waals surface area contributed by atoms with E-state index in [1.165, 1.54) is 48.9 Å². The van der Waals surface area contributed by atoms with Crippen molar-refractivity contribution in [3.63, 3.8) is 0 Å². The van der Waals surface area contributed by atoms with Gasteiger partial charge >= 0.3 is 0 Å². The Bertz CT molecular complexity index is 324.